The number of rotatable bonds is 3. The van der Waals surface area contributed by atoms with E-state index in [0.29, 0.717) is 0 Å². The highest BCUT2D eigenvalue weighted by molar-refractivity contribution is 5.85. The summed E-state index contributed by atoms with van der Waals surface area (Å²) in [6.07, 6.45) is 2.26. The highest BCUT2D eigenvalue weighted by atomic mass is 35.5. The molecule has 1 aliphatic rings. The standard InChI is InChI=1S/C13H18N6.ClH/c14-11-5-4-8-18(9-11)10-13-15-16-17-19(13)12-6-2-1-3-7-12;/h1-3,6-7,11H,4-5,8-10,14H2;1H. The van der Waals surface area contributed by atoms with Gasteiger partial charge in [-0.15, -0.1) is 17.5 Å². The van der Waals surface area contributed by atoms with Gasteiger partial charge in [0.05, 0.1) is 12.2 Å². The lowest BCUT2D eigenvalue weighted by Gasteiger charge is -2.29. The Hall–Kier alpha value is -1.50. The summed E-state index contributed by atoms with van der Waals surface area (Å²) in [5.74, 6) is 0.861. The van der Waals surface area contributed by atoms with Gasteiger partial charge in [0.25, 0.3) is 0 Å². The summed E-state index contributed by atoms with van der Waals surface area (Å²) in [7, 11) is 0. The van der Waals surface area contributed by atoms with E-state index in [1.165, 1.54) is 0 Å². The first kappa shape index (κ1) is 14.9. The van der Waals surface area contributed by atoms with Crippen molar-refractivity contribution in [3.63, 3.8) is 0 Å². The lowest BCUT2D eigenvalue weighted by Crippen LogP contribution is -2.42. The van der Waals surface area contributed by atoms with E-state index in [1.54, 1.807) is 4.68 Å². The van der Waals surface area contributed by atoms with Crippen LogP contribution in [-0.4, -0.2) is 44.2 Å². The molecular weight excluding hydrogens is 276 g/mol. The van der Waals surface area contributed by atoms with Gasteiger partial charge >= 0.3 is 0 Å². The van der Waals surface area contributed by atoms with E-state index in [9.17, 15) is 0 Å². The van der Waals surface area contributed by atoms with Crippen LogP contribution in [-0.2, 0) is 6.54 Å². The molecule has 7 heteroatoms. The molecular formula is C13H19ClN6. The Labute approximate surface area is 124 Å². The SMILES string of the molecule is Cl.NC1CCCN(Cc2nnnn2-c2ccccc2)C1. The third-order valence-corrected chi connectivity index (χ3v) is 3.44. The summed E-state index contributed by atoms with van der Waals surface area (Å²) in [5, 5.41) is 12.0. The second-order valence-electron chi connectivity index (χ2n) is 4.98. The molecule has 1 aromatic heterocycles. The molecule has 0 saturated carbocycles. The van der Waals surface area contributed by atoms with Crippen molar-refractivity contribution in [3.05, 3.63) is 36.2 Å². The molecule has 0 aliphatic carbocycles. The number of nitrogens with two attached hydrogens (primary N) is 1. The minimum absolute atomic E-state index is 0. The Morgan fingerprint density at radius 1 is 1.25 bits per heavy atom. The van der Waals surface area contributed by atoms with Gasteiger partial charge in [0, 0.05) is 12.6 Å². The number of benzene rings is 1. The van der Waals surface area contributed by atoms with Crippen LogP contribution in [0.4, 0.5) is 0 Å². The first-order chi connectivity index (χ1) is 9.33. The minimum atomic E-state index is 0. The van der Waals surface area contributed by atoms with Crippen molar-refractivity contribution in [1.29, 1.82) is 0 Å². The zero-order chi connectivity index (χ0) is 13.1. The molecule has 108 valence electrons. The maximum absolute atomic E-state index is 6.00. The molecule has 0 spiro atoms. The molecule has 2 aromatic rings. The summed E-state index contributed by atoms with van der Waals surface area (Å²) >= 11 is 0. The molecule has 20 heavy (non-hydrogen) atoms. The summed E-state index contributed by atoms with van der Waals surface area (Å²) in [5.41, 5.74) is 6.99. The maximum Gasteiger partial charge on any atom is 0.170 e. The van der Waals surface area contributed by atoms with Crippen molar-refractivity contribution in [3.8, 4) is 5.69 Å². The average Bonchev–Trinajstić information content (AvgIpc) is 2.88. The van der Waals surface area contributed by atoms with Crippen LogP contribution in [0.5, 0.6) is 0 Å². The van der Waals surface area contributed by atoms with Gasteiger partial charge in [0.1, 0.15) is 0 Å². The summed E-state index contributed by atoms with van der Waals surface area (Å²) in [6.45, 7) is 2.73. The molecule has 1 fully saturated rings. The molecule has 3 rings (SSSR count). The third kappa shape index (κ3) is 3.33. The average molecular weight is 295 g/mol. The third-order valence-electron chi connectivity index (χ3n) is 3.44. The van der Waals surface area contributed by atoms with E-state index in [4.69, 9.17) is 5.73 Å². The molecule has 1 saturated heterocycles. The fourth-order valence-corrected chi connectivity index (χ4v) is 2.51. The Balaban J connectivity index is 0.00000147. The lowest BCUT2D eigenvalue weighted by atomic mass is 10.1. The number of hydrogen-bond donors (Lipinski definition) is 1. The van der Waals surface area contributed by atoms with Gasteiger partial charge in [-0.1, -0.05) is 18.2 Å². The van der Waals surface area contributed by atoms with Gasteiger partial charge < -0.3 is 5.73 Å². The van der Waals surface area contributed by atoms with Gasteiger partial charge in [-0.25, -0.2) is 0 Å². The number of para-hydroxylation sites is 1. The highest BCUT2D eigenvalue weighted by Gasteiger charge is 2.19. The monoisotopic (exact) mass is 294 g/mol. The van der Waals surface area contributed by atoms with Crippen molar-refractivity contribution in [2.24, 2.45) is 5.73 Å². The van der Waals surface area contributed by atoms with E-state index in [1.807, 2.05) is 30.3 Å². The zero-order valence-corrected chi connectivity index (χ0v) is 12.0. The molecule has 1 aliphatic heterocycles. The second kappa shape index (κ2) is 6.78. The summed E-state index contributed by atoms with van der Waals surface area (Å²) in [6, 6.07) is 10.2. The Morgan fingerprint density at radius 2 is 2.05 bits per heavy atom. The van der Waals surface area contributed by atoms with Gasteiger partial charge in [-0.2, -0.15) is 4.68 Å². The van der Waals surface area contributed by atoms with Gasteiger partial charge in [-0.3, -0.25) is 4.90 Å². The number of hydrogen-bond acceptors (Lipinski definition) is 5. The Bertz CT molecular complexity index is 529. The van der Waals surface area contributed by atoms with E-state index in [-0.39, 0.29) is 18.4 Å². The molecule has 1 atom stereocenters. The van der Waals surface area contributed by atoms with E-state index in [0.717, 1.165) is 44.0 Å². The number of tetrazole rings is 1. The van der Waals surface area contributed by atoms with Gasteiger partial charge in [0.15, 0.2) is 5.82 Å². The van der Waals surface area contributed by atoms with Crippen molar-refractivity contribution >= 4 is 12.4 Å². The van der Waals surface area contributed by atoms with Crippen LogP contribution in [0.3, 0.4) is 0 Å². The van der Waals surface area contributed by atoms with E-state index in [2.05, 4.69) is 20.4 Å². The number of halogens is 1. The van der Waals surface area contributed by atoms with Crippen LogP contribution in [0, 0.1) is 0 Å². The first-order valence-corrected chi connectivity index (χ1v) is 6.63. The molecule has 0 radical (unpaired) electrons. The van der Waals surface area contributed by atoms with Crippen molar-refractivity contribution in [2.45, 2.75) is 25.4 Å². The van der Waals surface area contributed by atoms with Crippen molar-refractivity contribution in [1.82, 2.24) is 25.1 Å². The molecule has 1 aromatic carbocycles. The normalized spacial score (nSPS) is 19.6. The molecule has 1 unspecified atom stereocenters. The van der Waals surface area contributed by atoms with Crippen molar-refractivity contribution < 1.29 is 0 Å². The second-order valence-corrected chi connectivity index (χ2v) is 4.98. The van der Waals surface area contributed by atoms with Crippen LogP contribution < -0.4 is 5.73 Å². The Kier molecular flexibility index (Phi) is 5.05. The van der Waals surface area contributed by atoms with Crippen LogP contribution in [0.1, 0.15) is 18.7 Å². The summed E-state index contributed by atoms with van der Waals surface area (Å²) in [4.78, 5) is 2.32. The minimum Gasteiger partial charge on any atom is -0.327 e. The fraction of sp³-hybridized carbons (Fsp3) is 0.462. The fourth-order valence-electron chi connectivity index (χ4n) is 2.51. The topological polar surface area (TPSA) is 72.9 Å². The molecule has 2 heterocycles. The zero-order valence-electron chi connectivity index (χ0n) is 11.2. The number of nitrogens with zero attached hydrogens (tertiary/aromatic N) is 5. The number of aromatic nitrogens is 4. The van der Waals surface area contributed by atoms with Crippen LogP contribution in [0.15, 0.2) is 30.3 Å². The molecule has 2 N–H and O–H groups in total. The van der Waals surface area contributed by atoms with Crippen LogP contribution in [0.2, 0.25) is 0 Å². The van der Waals surface area contributed by atoms with Crippen LogP contribution >= 0.6 is 12.4 Å². The van der Waals surface area contributed by atoms with Gasteiger partial charge in [-0.05, 0) is 41.9 Å². The quantitative estimate of drug-likeness (QED) is 0.914. The number of likely N-dealkylation sites (tertiary alicyclic amines) is 1. The van der Waals surface area contributed by atoms with Crippen molar-refractivity contribution in [2.75, 3.05) is 13.1 Å². The highest BCUT2D eigenvalue weighted by Crippen LogP contribution is 2.13. The maximum atomic E-state index is 6.00. The molecule has 0 amide bonds. The first-order valence-electron chi connectivity index (χ1n) is 6.63. The molecule has 6 nitrogen and oxygen atoms in total. The lowest BCUT2D eigenvalue weighted by molar-refractivity contribution is 0.196. The summed E-state index contributed by atoms with van der Waals surface area (Å²) < 4.78 is 1.79. The van der Waals surface area contributed by atoms with E-state index >= 15 is 0 Å². The molecule has 0 bridgehead atoms. The van der Waals surface area contributed by atoms with E-state index < -0.39 is 0 Å². The smallest absolute Gasteiger partial charge is 0.170 e. The predicted molar refractivity (Wildman–Crippen MR) is 78.9 cm³/mol. The van der Waals surface area contributed by atoms with Crippen LogP contribution in [0.25, 0.3) is 5.69 Å². The Morgan fingerprint density at radius 3 is 2.80 bits per heavy atom. The predicted octanol–water partition coefficient (Wildman–Crippen LogP) is 1.01. The largest absolute Gasteiger partial charge is 0.327 e. The number of piperidine rings is 1. The van der Waals surface area contributed by atoms with Gasteiger partial charge in [0.2, 0.25) is 0 Å².